The molecule has 4 heteroatoms. The van der Waals surface area contributed by atoms with Crippen molar-refractivity contribution in [3.05, 3.63) is 46.2 Å². The summed E-state index contributed by atoms with van der Waals surface area (Å²) in [5.74, 6) is 1.69. The van der Waals surface area contributed by atoms with Gasteiger partial charge in [-0.2, -0.15) is 0 Å². The third kappa shape index (κ3) is 1.86. The molecule has 0 bridgehead atoms. The molecule has 18 heavy (non-hydrogen) atoms. The number of aromatic nitrogens is 1. The topological polar surface area (TPSA) is 35.3 Å². The van der Waals surface area contributed by atoms with Crippen LogP contribution < -0.4 is 4.74 Å². The summed E-state index contributed by atoms with van der Waals surface area (Å²) < 4.78 is 12.0. The van der Waals surface area contributed by atoms with Crippen molar-refractivity contribution in [2.45, 2.75) is 0 Å². The van der Waals surface area contributed by atoms with Crippen molar-refractivity contribution >= 4 is 33.7 Å². The molecule has 0 fully saturated rings. The molecule has 0 aliphatic carbocycles. The van der Waals surface area contributed by atoms with Crippen LogP contribution >= 0.6 is 22.6 Å². The van der Waals surface area contributed by atoms with E-state index in [1.165, 1.54) is 0 Å². The zero-order chi connectivity index (χ0) is 12.5. The predicted molar refractivity (Wildman–Crippen MR) is 78.7 cm³/mol. The number of hydrogen-bond acceptors (Lipinski definition) is 3. The lowest BCUT2D eigenvalue weighted by atomic mass is 10.1. The minimum absolute atomic E-state index is 0.813. The summed E-state index contributed by atoms with van der Waals surface area (Å²) in [6.45, 7) is 0. The van der Waals surface area contributed by atoms with Crippen molar-refractivity contribution in [2.24, 2.45) is 0 Å². The number of methoxy groups -OCH3 is 1. The highest BCUT2D eigenvalue weighted by molar-refractivity contribution is 14.1. The second-order valence-electron chi connectivity index (χ2n) is 3.82. The quantitative estimate of drug-likeness (QED) is 0.652. The molecule has 0 saturated carbocycles. The first kappa shape index (κ1) is 11.5. The predicted octanol–water partition coefficient (Wildman–Crippen LogP) is 4.11. The summed E-state index contributed by atoms with van der Waals surface area (Å²) in [6, 6.07) is 11.6. The van der Waals surface area contributed by atoms with E-state index >= 15 is 0 Å². The lowest BCUT2D eigenvalue weighted by molar-refractivity contribution is 0.415. The zero-order valence-corrected chi connectivity index (χ0v) is 11.8. The third-order valence-corrected chi connectivity index (χ3v) is 3.74. The zero-order valence-electron chi connectivity index (χ0n) is 9.68. The second-order valence-corrected chi connectivity index (χ2v) is 4.90. The molecule has 3 rings (SSSR count). The number of furan rings is 1. The number of nitrogens with zero attached hydrogens (tertiary/aromatic N) is 1. The summed E-state index contributed by atoms with van der Waals surface area (Å²) in [7, 11) is 1.66. The van der Waals surface area contributed by atoms with Crippen LogP contribution in [0.3, 0.4) is 0 Å². The molecule has 1 aromatic carbocycles. The number of hydrogen-bond donors (Lipinski definition) is 0. The standard InChI is InChI=1S/C14H10INO2/c1-17-10-6-4-9(5-7-10)14-12(15)13-11(18-14)3-2-8-16-13/h2-8H,1H3. The maximum Gasteiger partial charge on any atom is 0.154 e. The van der Waals surface area contributed by atoms with Crippen LogP contribution in [0.15, 0.2) is 47.0 Å². The van der Waals surface area contributed by atoms with Crippen molar-refractivity contribution in [1.82, 2.24) is 4.98 Å². The van der Waals surface area contributed by atoms with E-state index in [0.717, 1.165) is 31.7 Å². The average Bonchev–Trinajstić information content (AvgIpc) is 2.77. The lowest BCUT2D eigenvalue weighted by Gasteiger charge is -2.01. The number of rotatable bonds is 2. The highest BCUT2D eigenvalue weighted by Gasteiger charge is 2.14. The third-order valence-electron chi connectivity index (χ3n) is 2.74. The Kier molecular flexibility index (Phi) is 2.95. The van der Waals surface area contributed by atoms with E-state index in [0.29, 0.717) is 0 Å². The normalized spacial score (nSPS) is 10.8. The number of pyridine rings is 1. The van der Waals surface area contributed by atoms with E-state index in [-0.39, 0.29) is 0 Å². The molecule has 0 spiro atoms. The van der Waals surface area contributed by atoms with Gasteiger partial charge in [0.1, 0.15) is 17.0 Å². The Balaban J connectivity index is 2.15. The van der Waals surface area contributed by atoms with E-state index < -0.39 is 0 Å². The first-order valence-electron chi connectivity index (χ1n) is 5.47. The first-order chi connectivity index (χ1) is 8.79. The van der Waals surface area contributed by atoms with Crippen LogP contribution in [-0.4, -0.2) is 12.1 Å². The molecule has 0 N–H and O–H groups in total. The fourth-order valence-corrected chi connectivity index (χ4v) is 2.65. The van der Waals surface area contributed by atoms with Crippen LogP contribution in [0.4, 0.5) is 0 Å². The van der Waals surface area contributed by atoms with Crippen LogP contribution in [0, 0.1) is 3.57 Å². The number of benzene rings is 1. The van der Waals surface area contributed by atoms with Gasteiger partial charge in [0.15, 0.2) is 5.58 Å². The van der Waals surface area contributed by atoms with Gasteiger partial charge < -0.3 is 9.15 Å². The molecule has 0 amide bonds. The van der Waals surface area contributed by atoms with Crippen molar-refractivity contribution in [3.63, 3.8) is 0 Å². The van der Waals surface area contributed by atoms with Crippen LogP contribution in [0.1, 0.15) is 0 Å². The van der Waals surface area contributed by atoms with Gasteiger partial charge in [-0.15, -0.1) is 0 Å². The Morgan fingerprint density at radius 3 is 2.61 bits per heavy atom. The minimum atomic E-state index is 0.813. The Hall–Kier alpha value is -1.56. The monoisotopic (exact) mass is 351 g/mol. The highest BCUT2D eigenvalue weighted by Crippen LogP contribution is 2.33. The van der Waals surface area contributed by atoms with E-state index in [1.54, 1.807) is 13.3 Å². The molecular weight excluding hydrogens is 341 g/mol. The van der Waals surface area contributed by atoms with Crippen molar-refractivity contribution in [1.29, 1.82) is 0 Å². The van der Waals surface area contributed by atoms with Gasteiger partial charge in [-0.25, -0.2) is 0 Å². The molecule has 2 aromatic heterocycles. The number of halogens is 1. The first-order valence-corrected chi connectivity index (χ1v) is 6.55. The van der Waals surface area contributed by atoms with Gasteiger partial charge in [-0.1, -0.05) is 0 Å². The summed E-state index contributed by atoms with van der Waals surface area (Å²) in [5.41, 5.74) is 2.75. The summed E-state index contributed by atoms with van der Waals surface area (Å²) in [4.78, 5) is 4.33. The van der Waals surface area contributed by atoms with Crippen molar-refractivity contribution in [3.8, 4) is 17.1 Å². The van der Waals surface area contributed by atoms with Gasteiger partial charge in [0.05, 0.1) is 10.7 Å². The number of ether oxygens (including phenoxy) is 1. The van der Waals surface area contributed by atoms with Gasteiger partial charge in [-0.05, 0) is 59.0 Å². The number of fused-ring (bicyclic) bond motifs is 1. The van der Waals surface area contributed by atoms with Crippen LogP contribution in [0.25, 0.3) is 22.4 Å². The Morgan fingerprint density at radius 1 is 1.17 bits per heavy atom. The molecular formula is C14H10INO2. The maximum absolute atomic E-state index is 5.85. The Labute approximate surface area is 118 Å². The molecule has 3 aromatic rings. The van der Waals surface area contributed by atoms with Crippen LogP contribution in [0.2, 0.25) is 0 Å². The summed E-state index contributed by atoms with van der Waals surface area (Å²) in [5, 5.41) is 0. The molecule has 0 unspecified atom stereocenters. The molecule has 0 aliphatic rings. The van der Waals surface area contributed by atoms with Gasteiger partial charge in [-0.3, -0.25) is 4.98 Å². The van der Waals surface area contributed by atoms with Gasteiger partial charge in [0.2, 0.25) is 0 Å². The molecule has 2 heterocycles. The van der Waals surface area contributed by atoms with E-state index in [2.05, 4.69) is 27.6 Å². The molecule has 0 atom stereocenters. The lowest BCUT2D eigenvalue weighted by Crippen LogP contribution is -1.82. The maximum atomic E-state index is 5.85. The SMILES string of the molecule is COc1ccc(-c2oc3cccnc3c2I)cc1. The average molecular weight is 351 g/mol. The Bertz CT molecular complexity index is 689. The summed E-state index contributed by atoms with van der Waals surface area (Å²) in [6.07, 6.45) is 1.78. The highest BCUT2D eigenvalue weighted by atomic mass is 127. The second kappa shape index (κ2) is 4.61. The van der Waals surface area contributed by atoms with Gasteiger partial charge >= 0.3 is 0 Å². The smallest absolute Gasteiger partial charge is 0.154 e. The van der Waals surface area contributed by atoms with Crippen molar-refractivity contribution in [2.75, 3.05) is 7.11 Å². The summed E-state index contributed by atoms with van der Waals surface area (Å²) >= 11 is 2.27. The van der Waals surface area contributed by atoms with E-state index in [9.17, 15) is 0 Å². The Morgan fingerprint density at radius 2 is 1.94 bits per heavy atom. The minimum Gasteiger partial charge on any atom is -0.497 e. The van der Waals surface area contributed by atoms with Gasteiger partial charge in [0.25, 0.3) is 0 Å². The van der Waals surface area contributed by atoms with E-state index in [1.807, 2.05) is 36.4 Å². The fourth-order valence-electron chi connectivity index (χ4n) is 1.83. The van der Waals surface area contributed by atoms with Crippen molar-refractivity contribution < 1.29 is 9.15 Å². The molecule has 90 valence electrons. The molecule has 0 saturated heterocycles. The van der Waals surface area contributed by atoms with E-state index in [4.69, 9.17) is 9.15 Å². The van der Waals surface area contributed by atoms with Crippen LogP contribution in [-0.2, 0) is 0 Å². The largest absolute Gasteiger partial charge is 0.497 e. The molecule has 0 aliphatic heterocycles. The van der Waals surface area contributed by atoms with Gasteiger partial charge in [0, 0.05) is 11.8 Å². The molecule has 0 radical (unpaired) electrons. The van der Waals surface area contributed by atoms with Crippen LogP contribution in [0.5, 0.6) is 5.75 Å². The fraction of sp³-hybridized carbons (Fsp3) is 0.0714. The molecule has 3 nitrogen and oxygen atoms in total.